The summed E-state index contributed by atoms with van der Waals surface area (Å²) in [6.45, 7) is 3.64. The average molecular weight is 258 g/mol. The third-order valence-corrected chi connectivity index (χ3v) is 2.80. The standard InChI is InChI=1S/C14H18N4O/c1-9-13(15)16-10(2)17-14(9)19-12-7-5-6-11(8-12)18(3)4/h5-8H,1-4H3,(H2,15,16,17). The maximum atomic E-state index is 5.81. The van der Waals surface area contributed by atoms with E-state index in [1.54, 1.807) is 6.92 Å². The predicted molar refractivity (Wildman–Crippen MR) is 76.8 cm³/mol. The molecule has 0 bridgehead atoms. The number of ether oxygens (including phenoxy) is 1. The lowest BCUT2D eigenvalue weighted by atomic mass is 10.3. The van der Waals surface area contributed by atoms with Gasteiger partial charge in [0.05, 0.1) is 5.56 Å². The Bertz CT molecular complexity index is 596. The Labute approximate surface area is 113 Å². The number of hydrogen-bond donors (Lipinski definition) is 1. The molecule has 1 aromatic carbocycles. The number of anilines is 2. The van der Waals surface area contributed by atoms with Crippen molar-refractivity contribution in [2.75, 3.05) is 24.7 Å². The van der Waals surface area contributed by atoms with Gasteiger partial charge in [-0.2, -0.15) is 4.98 Å². The molecule has 0 fully saturated rings. The highest BCUT2D eigenvalue weighted by Gasteiger charge is 2.09. The SMILES string of the molecule is Cc1nc(N)c(C)c(Oc2cccc(N(C)C)c2)n1. The van der Waals surface area contributed by atoms with E-state index in [1.807, 2.05) is 50.2 Å². The van der Waals surface area contributed by atoms with Crippen LogP contribution in [0.1, 0.15) is 11.4 Å². The molecule has 0 aliphatic heterocycles. The Morgan fingerprint density at radius 2 is 1.89 bits per heavy atom. The van der Waals surface area contributed by atoms with E-state index in [0.29, 0.717) is 17.5 Å². The Morgan fingerprint density at radius 3 is 2.58 bits per heavy atom. The van der Waals surface area contributed by atoms with Crippen LogP contribution in [0, 0.1) is 13.8 Å². The van der Waals surface area contributed by atoms with Gasteiger partial charge in [0, 0.05) is 25.8 Å². The van der Waals surface area contributed by atoms with Gasteiger partial charge in [0.25, 0.3) is 0 Å². The van der Waals surface area contributed by atoms with Crippen molar-refractivity contribution in [2.24, 2.45) is 0 Å². The molecule has 2 aromatic rings. The fraction of sp³-hybridized carbons (Fsp3) is 0.286. The molecule has 0 spiro atoms. The van der Waals surface area contributed by atoms with Crippen LogP contribution in [-0.2, 0) is 0 Å². The summed E-state index contributed by atoms with van der Waals surface area (Å²) in [5, 5.41) is 0. The molecule has 0 saturated carbocycles. The number of rotatable bonds is 3. The molecule has 5 nitrogen and oxygen atoms in total. The fourth-order valence-corrected chi connectivity index (χ4v) is 1.66. The van der Waals surface area contributed by atoms with Crippen LogP contribution in [0.5, 0.6) is 11.6 Å². The van der Waals surface area contributed by atoms with Gasteiger partial charge in [0.15, 0.2) is 0 Å². The van der Waals surface area contributed by atoms with Crippen molar-refractivity contribution in [1.29, 1.82) is 0 Å². The van der Waals surface area contributed by atoms with Gasteiger partial charge in [0.1, 0.15) is 17.4 Å². The van der Waals surface area contributed by atoms with E-state index in [-0.39, 0.29) is 0 Å². The summed E-state index contributed by atoms with van der Waals surface area (Å²) < 4.78 is 5.80. The number of aromatic nitrogens is 2. The summed E-state index contributed by atoms with van der Waals surface area (Å²) in [4.78, 5) is 10.4. The van der Waals surface area contributed by atoms with E-state index in [0.717, 1.165) is 17.0 Å². The van der Waals surface area contributed by atoms with Crippen LogP contribution in [0.15, 0.2) is 24.3 Å². The molecule has 19 heavy (non-hydrogen) atoms. The summed E-state index contributed by atoms with van der Waals surface area (Å²) in [6, 6.07) is 7.80. The van der Waals surface area contributed by atoms with Crippen molar-refractivity contribution in [3.05, 3.63) is 35.7 Å². The van der Waals surface area contributed by atoms with Crippen molar-refractivity contribution in [3.8, 4) is 11.6 Å². The van der Waals surface area contributed by atoms with Gasteiger partial charge >= 0.3 is 0 Å². The van der Waals surface area contributed by atoms with Gasteiger partial charge < -0.3 is 15.4 Å². The summed E-state index contributed by atoms with van der Waals surface area (Å²) in [5.41, 5.74) is 7.63. The van der Waals surface area contributed by atoms with Gasteiger partial charge in [-0.3, -0.25) is 0 Å². The van der Waals surface area contributed by atoms with Crippen LogP contribution in [0.4, 0.5) is 11.5 Å². The summed E-state index contributed by atoms with van der Waals surface area (Å²) in [5.74, 6) is 2.28. The topological polar surface area (TPSA) is 64.3 Å². The van der Waals surface area contributed by atoms with Crippen molar-refractivity contribution in [2.45, 2.75) is 13.8 Å². The number of hydrogen-bond acceptors (Lipinski definition) is 5. The fourth-order valence-electron chi connectivity index (χ4n) is 1.66. The largest absolute Gasteiger partial charge is 0.438 e. The first-order chi connectivity index (χ1) is 8.97. The molecule has 0 radical (unpaired) electrons. The summed E-state index contributed by atoms with van der Waals surface area (Å²) in [7, 11) is 3.97. The third-order valence-electron chi connectivity index (χ3n) is 2.80. The smallest absolute Gasteiger partial charge is 0.227 e. The highest BCUT2D eigenvalue weighted by molar-refractivity contribution is 5.51. The van der Waals surface area contributed by atoms with Crippen molar-refractivity contribution < 1.29 is 4.74 Å². The lowest BCUT2D eigenvalue weighted by molar-refractivity contribution is 0.456. The molecule has 0 saturated heterocycles. The number of nitrogen functional groups attached to an aromatic ring is 1. The number of nitrogens with two attached hydrogens (primary N) is 1. The Hall–Kier alpha value is -2.30. The predicted octanol–water partition coefficient (Wildman–Crippen LogP) is 2.53. The first-order valence-electron chi connectivity index (χ1n) is 6.03. The molecule has 1 heterocycles. The van der Waals surface area contributed by atoms with Gasteiger partial charge in [-0.15, -0.1) is 0 Å². The zero-order valence-electron chi connectivity index (χ0n) is 11.6. The normalized spacial score (nSPS) is 10.3. The van der Waals surface area contributed by atoms with E-state index in [1.165, 1.54) is 0 Å². The number of nitrogens with zero attached hydrogens (tertiary/aromatic N) is 3. The summed E-state index contributed by atoms with van der Waals surface area (Å²) >= 11 is 0. The van der Waals surface area contributed by atoms with E-state index in [9.17, 15) is 0 Å². The monoisotopic (exact) mass is 258 g/mol. The van der Waals surface area contributed by atoms with Crippen LogP contribution >= 0.6 is 0 Å². The molecule has 2 N–H and O–H groups in total. The first-order valence-corrected chi connectivity index (χ1v) is 6.03. The Morgan fingerprint density at radius 1 is 1.16 bits per heavy atom. The molecule has 100 valence electrons. The minimum absolute atomic E-state index is 0.450. The van der Waals surface area contributed by atoms with Crippen molar-refractivity contribution >= 4 is 11.5 Å². The second-order valence-electron chi connectivity index (χ2n) is 4.58. The average Bonchev–Trinajstić information content (AvgIpc) is 2.35. The van der Waals surface area contributed by atoms with Crippen LogP contribution < -0.4 is 15.4 Å². The minimum atomic E-state index is 0.450. The van der Waals surface area contributed by atoms with E-state index in [4.69, 9.17) is 10.5 Å². The number of aryl methyl sites for hydroxylation is 1. The molecule has 0 unspecified atom stereocenters. The van der Waals surface area contributed by atoms with Crippen molar-refractivity contribution in [3.63, 3.8) is 0 Å². The van der Waals surface area contributed by atoms with Crippen LogP contribution in [-0.4, -0.2) is 24.1 Å². The van der Waals surface area contributed by atoms with Gasteiger partial charge in [0.2, 0.25) is 5.88 Å². The number of benzene rings is 1. The maximum Gasteiger partial charge on any atom is 0.227 e. The van der Waals surface area contributed by atoms with E-state index < -0.39 is 0 Å². The molecule has 0 amide bonds. The minimum Gasteiger partial charge on any atom is -0.438 e. The van der Waals surface area contributed by atoms with Crippen LogP contribution in [0.25, 0.3) is 0 Å². The molecular formula is C14H18N4O. The lowest BCUT2D eigenvalue weighted by Crippen LogP contribution is -2.08. The molecule has 1 aromatic heterocycles. The molecular weight excluding hydrogens is 240 g/mol. The van der Waals surface area contributed by atoms with Crippen LogP contribution in [0.3, 0.4) is 0 Å². The molecule has 0 atom stereocenters. The van der Waals surface area contributed by atoms with Crippen molar-refractivity contribution in [1.82, 2.24) is 9.97 Å². The molecule has 0 aliphatic carbocycles. The lowest BCUT2D eigenvalue weighted by Gasteiger charge is -2.14. The maximum absolute atomic E-state index is 5.81. The highest BCUT2D eigenvalue weighted by atomic mass is 16.5. The molecule has 5 heteroatoms. The Balaban J connectivity index is 2.33. The van der Waals surface area contributed by atoms with Gasteiger partial charge in [-0.1, -0.05) is 6.07 Å². The zero-order valence-corrected chi connectivity index (χ0v) is 11.6. The van der Waals surface area contributed by atoms with Crippen LogP contribution in [0.2, 0.25) is 0 Å². The molecule has 0 aliphatic rings. The second-order valence-corrected chi connectivity index (χ2v) is 4.58. The third kappa shape index (κ3) is 2.93. The van der Waals surface area contributed by atoms with E-state index >= 15 is 0 Å². The van der Waals surface area contributed by atoms with E-state index in [2.05, 4.69) is 9.97 Å². The van der Waals surface area contributed by atoms with Gasteiger partial charge in [-0.25, -0.2) is 4.98 Å². The summed E-state index contributed by atoms with van der Waals surface area (Å²) in [6.07, 6.45) is 0. The highest BCUT2D eigenvalue weighted by Crippen LogP contribution is 2.27. The van der Waals surface area contributed by atoms with Gasteiger partial charge in [-0.05, 0) is 26.0 Å². The first kappa shape index (κ1) is 13.1. The second kappa shape index (κ2) is 5.14. The zero-order chi connectivity index (χ0) is 14.0. The molecule has 2 rings (SSSR count). The quantitative estimate of drug-likeness (QED) is 0.916. The Kier molecular flexibility index (Phi) is 3.55.